The van der Waals surface area contributed by atoms with Crippen LogP contribution in [0.4, 0.5) is 11.8 Å². The molecule has 2 N–H and O–H groups in total. The number of ether oxygens (including phenoxy) is 1. The number of halogens is 1. The minimum absolute atomic E-state index is 0. The molecule has 0 amide bonds. The van der Waals surface area contributed by atoms with Crippen molar-refractivity contribution in [1.29, 1.82) is 0 Å². The predicted molar refractivity (Wildman–Crippen MR) is 97.7 cm³/mol. The van der Waals surface area contributed by atoms with Gasteiger partial charge in [0.25, 0.3) is 0 Å². The molecule has 2 heterocycles. The zero-order valence-corrected chi connectivity index (χ0v) is 14.5. The van der Waals surface area contributed by atoms with Crippen LogP contribution in [0.15, 0.2) is 36.5 Å². The van der Waals surface area contributed by atoms with E-state index in [0.29, 0.717) is 25.6 Å². The zero-order valence-electron chi connectivity index (χ0n) is 13.7. The van der Waals surface area contributed by atoms with Crippen LogP contribution in [-0.4, -0.2) is 40.0 Å². The third-order valence-corrected chi connectivity index (χ3v) is 3.48. The van der Waals surface area contributed by atoms with E-state index in [4.69, 9.17) is 4.74 Å². The molecule has 7 nitrogen and oxygen atoms in total. The Morgan fingerprint density at radius 3 is 2.67 bits per heavy atom. The maximum absolute atomic E-state index is 5.04. The molecule has 0 atom stereocenters. The maximum Gasteiger partial charge on any atom is 0.226 e. The Balaban J connectivity index is 0.00000208. The summed E-state index contributed by atoms with van der Waals surface area (Å²) in [6.07, 6.45) is 1.78. The highest BCUT2D eigenvalue weighted by Gasteiger charge is 2.11. The van der Waals surface area contributed by atoms with Crippen molar-refractivity contribution in [2.45, 2.75) is 6.54 Å². The van der Waals surface area contributed by atoms with E-state index in [1.54, 1.807) is 18.0 Å². The highest BCUT2D eigenvalue weighted by Crippen LogP contribution is 2.21. The van der Waals surface area contributed by atoms with Crippen LogP contribution in [0.3, 0.4) is 0 Å². The maximum atomic E-state index is 5.04. The van der Waals surface area contributed by atoms with Gasteiger partial charge in [-0.2, -0.15) is 15.1 Å². The molecule has 0 saturated carbocycles. The topological polar surface area (TPSA) is 76.9 Å². The first-order valence-electron chi connectivity index (χ1n) is 7.48. The molecule has 24 heavy (non-hydrogen) atoms. The fourth-order valence-electron chi connectivity index (χ4n) is 2.28. The standard InChI is InChI=1S/C16H20N6O.ClH/c1-22-15-13(11-19-22)14(18-10-12-6-4-3-5-7-12)20-16(21-15)17-8-9-23-2;/h3-7,11H,8-10H2,1-2H3,(H2,17,18,20,21);1H. The molecule has 0 bridgehead atoms. The molecular formula is C16H21ClN6O. The lowest BCUT2D eigenvalue weighted by atomic mass is 10.2. The largest absolute Gasteiger partial charge is 0.383 e. The predicted octanol–water partition coefficient (Wildman–Crippen LogP) is 2.46. The Morgan fingerprint density at radius 1 is 1.12 bits per heavy atom. The molecule has 0 saturated heterocycles. The van der Waals surface area contributed by atoms with E-state index in [1.807, 2.05) is 25.2 Å². The molecule has 0 unspecified atom stereocenters. The van der Waals surface area contributed by atoms with Crippen molar-refractivity contribution >= 4 is 35.2 Å². The molecule has 0 fully saturated rings. The summed E-state index contributed by atoms with van der Waals surface area (Å²) < 4.78 is 6.79. The number of benzene rings is 1. The van der Waals surface area contributed by atoms with Crippen LogP contribution < -0.4 is 10.6 Å². The van der Waals surface area contributed by atoms with Crippen LogP contribution in [-0.2, 0) is 18.3 Å². The summed E-state index contributed by atoms with van der Waals surface area (Å²) in [6, 6.07) is 10.2. The molecule has 0 aliphatic heterocycles. The quantitative estimate of drug-likeness (QED) is 0.639. The number of nitrogens with one attached hydrogen (secondary N) is 2. The van der Waals surface area contributed by atoms with Gasteiger partial charge in [0.1, 0.15) is 5.82 Å². The van der Waals surface area contributed by atoms with Gasteiger partial charge in [0.15, 0.2) is 5.65 Å². The highest BCUT2D eigenvalue weighted by molar-refractivity contribution is 5.87. The molecule has 0 radical (unpaired) electrons. The van der Waals surface area contributed by atoms with E-state index < -0.39 is 0 Å². The zero-order chi connectivity index (χ0) is 16.1. The lowest BCUT2D eigenvalue weighted by Gasteiger charge is -2.10. The van der Waals surface area contributed by atoms with Crippen molar-refractivity contribution in [3.8, 4) is 0 Å². The molecular weight excluding hydrogens is 328 g/mol. The second-order valence-electron chi connectivity index (χ2n) is 5.16. The van der Waals surface area contributed by atoms with Gasteiger partial charge in [0.05, 0.1) is 18.2 Å². The molecule has 3 aromatic rings. The van der Waals surface area contributed by atoms with Crippen molar-refractivity contribution in [1.82, 2.24) is 19.7 Å². The second kappa shape index (κ2) is 8.47. The first-order valence-corrected chi connectivity index (χ1v) is 7.48. The van der Waals surface area contributed by atoms with Crippen LogP contribution in [0.25, 0.3) is 11.0 Å². The Morgan fingerprint density at radius 2 is 1.92 bits per heavy atom. The summed E-state index contributed by atoms with van der Waals surface area (Å²) in [5, 5.41) is 11.7. The summed E-state index contributed by atoms with van der Waals surface area (Å²) in [5.74, 6) is 1.33. The summed E-state index contributed by atoms with van der Waals surface area (Å²) in [4.78, 5) is 9.06. The average molecular weight is 349 g/mol. The minimum atomic E-state index is 0. The molecule has 8 heteroatoms. The number of fused-ring (bicyclic) bond motifs is 1. The van der Waals surface area contributed by atoms with E-state index in [2.05, 4.69) is 37.8 Å². The highest BCUT2D eigenvalue weighted by atomic mass is 35.5. The van der Waals surface area contributed by atoms with Gasteiger partial charge in [-0.3, -0.25) is 4.68 Å². The number of anilines is 2. The van der Waals surface area contributed by atoms with Crippen molar-refractivity contribution in [2.75, 3.05) is 30.9 Å². The summed E-state index contributed by atoms with van der Waals surface area (Å²) in [5.41, 5.74) is 1.98. The van der Waals surface area contributed by atoms with Gasteiger partial charge < -0.3 is 15.4 Å². The van der Waals surface area contributed by atoms with Gasteiger partial charge >= 0.3 is 0 Å². The van der Waals surface area contributed by atoms with Crippen LogP contribution in [0.5, 0.6) is 0 Å². The lowest BCUT2D eigenvalue weighted by Crippen LogP contribution is -2.12. The van der Waals surface area contributed by atoms with Crippen LogP contribution in [0.1, 0.15) is 5.56 Å². The number of hydrogen-bond acceptors (Lipinski definition) is 6. The number of nitrogens with zero attached hydrogens (tertiary/aromatic N) is 4. The third-order valence-electron chi connectivity index (χ3n) is 3.48. The average Bonchev–Trinajstić information content (AvgIpc) is 2.95. The van der Waals surface area contributed by atoms with Gasteiger partial charge in [-0.15, -0.1) is 12.4 Å². The normalized spacial score (nSPS) is 10.4. The minimum Gasteiger partial charge on any atom is -0.383 e. The Hall–Kier alpha value is -2.38. The molecule has 1 aromatic carbocycles. The monoisotopic (exact) mass is 348 g/mol. The Labute approximate surface area is 146 Å². The summed E-state index contributed by atoms with van der Waals surface area (Å²) in [6.45, 7) is 1.94. The molecule has 3 rings (SSSR count). The molecule has 0 aliphatic rings. The summed E-state index contributed by atoms with van der Waals surface area (Å²) in [7, 11) is 3.54. The van der Waals surface area contributed by atoms with E-state index in [1.165, 1.54) is 5.56 Å². The van der Waals surface area contributed by atoms with E-state index in [9.17, 15) is 0 Å². The first-order chi connectivity index (χ1) is 11.3. The van der Waals surface area contributed by atoms with Crippen LogP contribution in [0, 0.1) is 0 Å². The van der Waals surface area contributed by atoms with Crippen LogP contribution in [0.2, 0.25) is 0 Å². The second-order valence-corrected chi connectivity index (χ2v) is 5.16. The first kappa shape index (κ1) is 18.0. The van der Waals surface area contributed by atoms with Gasteiger partial charge in [-0.1, -0.05) is 30.3 Å². The van der Waals surface area contributed by atoms with Crippen molar-refractivity contribution in [3.05, 3.63) is 42.1 Å². The fourth-order valence-corrected chi connectivity index (χ4v) is 2.28. The van der Waals surface area contributed by atoms with Crippen LogP contribution >= 0.6 is 12.4 Å². The molecule has 0 aliphatic carbocycles. The molecule has 128 valence electrons. The van der Waals surface area contributed by atoms with E-state index in [-0.39, 0.29) is 12.4 Å². The number of aromatic nitrogens is 4. The summed E-state index contributed by atoms with van der Waals surface area (Å²) >= 11 is 0. The van der Waals surface area contributed by atoms with Gasteiger partial charge in [-0.25, -0.2) is 0 Å². The fraction of sp³-hybridized carbons (Fsp3) is 0.312. The van der Waals surface area contributed by atoms with Gasteiger partial charge in [0.2, 0.25) is 5.95 Å². The van der Waals surface area contributed by atoms with E-state index >= 15 is 0 Å². The molecule has 0 spiro atoms. The smallest absolute Gasteiger partial charge is 0.226 e. The Bertz CT molecular complexity index is 777. The number of methoxy groups -OCH3 is 1. The SMILES string of the molecule is COCCNc1nc(NCc2ccccc2)c2cnn(C)c2n1.Cl. The van der Waals surface area contributed by atoms with E-state index in [0.717, 1.165) is 16.9 Å². The molecule has 2 aromatic heterocycles. The number of aryl methyl sites for hydroxylation is 1. The Kier molecular flexibility index (Phi) is 6.34. The number of rotatable bonds is 7. The van der Waals surface area contributed by atoms with Crippen molar-refractivity contribution in [3.63, 3.8) is 0 Å². The third kappa shape index (κ3) is 4.12. The number of hydrogen-bond donors (Lipinski definition) is 2. The van der Waals surface area contributed by atoms with Gasteiger partial charge in [0, 0.05) is 27.2 Å². The lowest BCUT2D eigenvalue weighted by molar-refractivity contribution is 0.210. The van der Waals surface area contributed by atoms with Crippen molar-refractivity contribution in [2.24, 2.45) is 7.05 Å². The van der Waals surface area contributed by atoms with Gasteiger partial charge in [-0.05, 0) is 5.56 Å². The van der Waals surface area contributed by atoms with Crippen molar-refractivity contribution < 1.29 is 4.74 Å².